The number of piperidine rings is 1. The van der Waals surface area contributed by atoms with Gasteiger partial charge in [0.25, 0.3) is 5.56 Å². The second-order valence-electron chi connectivity index (χ2n) is 6.69. The first kappa shape index (κ1) is 20.3. The third-order valence-corrected chi connectivity index (χ3v) is 5.49. The van der Waals surface area contributed by atoms with Crippen molar-refractivity contribution in [2.24, 2.45) is 7.05 Å². The van der Waals surface area contributed by atoms with Gasteiger partial charge in [0.15, 0.2) is 0 Å². The highest BCUT2D eigenvalue weighted by molar-refractivity contribution is 6.42. The topological polar surface area (TPSA) is 102 Å². The molecular formula is C18H21Cl2N5O3. The molecule has 0 spiro atoms. The monoisotopic (exact) mass is 425 g/mol. The molecule has 1 fully saturated rings. The van der Waals surface area contributed by atoms with E-state index in [2.05, 4.69) is 5.32 Å². The fourth-order valence-corrected chi connectivity index (χ4v) is 3.54. The number of anilines is 3. The summed E-state index contributed by atoms with van der Waals surface area (Å²) in [6.45, 7) is 0.938. The number of hydrogen-bond donors (Lipinski definition) is 2. The van der Waals surface area contributed by atoms with Crippen LogP contribution in [0.2, 0.25) is 10.0 Å². The van der Waals surface area contributed by atoms with Gasteiger partial charge in [0.2, 0.25) is 5.91 Å². The lowest BCUT2D eigenvalue weighted by molar-refractivity contribution is -0.116. The molecule has 1 saturated heterocycles. The van der Waals surface area contributed by atoms with Crippen LogP contribution >= 0.6 is 23.2 Å². The van der Waals surface area contributed by atoms with Gasteiger partial charge in [-0.2, -0.15) is 0 Å². The number of benzene rings is 1. The number of halogens is 2. The summed E-state index contributed by atoms with van der Waals surface area (Å²) in [6, 6.07) is 4.61. The molecule has 8 nitrogen and oxygen atoms in total. The third-order valence-electron chi connectivity index (χ3n) is 4.75. The van der Waals surface area contributed by atoms with E-state index >= 15 is 0 Å². The SMILES string of the molecule is Cn1c(N)c(N2CCCCC2)c(=O)n(CC(=O)Nc2ccc(Cl)c(Cl)c2)c1=O. The van der Waals surface area contributed by atoms with Gasteiger partial charge in [-0.15, -0.1) is 0 Å². The maximum absolute atomic E-state index is 13.0. The molecular weight excluding hydrogens is 405 g/mol. The largest absolute Gasteiger partial charge is 0.383 e. The number of amides is 1. The number of nitrogens with zero attached hydrogens (tertiary/aromatic N) is 3. The van der Waals surface area contributed by atoms with Crippen LogP contribution in [-0.4, -0.2) is 28.1 Å². The number of hydrogen-bond acceptors (Lipinski definition) is 5. The maximum Gasteiger partial charge on any atom is 0.332 e. The third kappa shape index (κ3) is 4.02. The smallest absolute Gasteiger partial charge is 0.332 e. The van der Waals surface area contributed by atoms with Crippen LogP contribution in [0.5, 0.6) is 0 Å². The minimum Gasteiger partial charge on any atom is -0.383 e. The standard InChI is InChI=1S/C18H21Cl2N5O3/c1-23-16(21)15(24-7-3-2-4-8-24)17(27)25(18(23)28)10-14(26)22-11-5-6-12(19)13(20)9-11/h5-6,9H,2-4,7-8,10,21H2,1H3,(H,22,26). The lowest BCUT2D eigenvalue weighted by Crippen LogP contribution is -2.46. The van der Waals surface area contributed by atoms with Crippen LogP contribution in [0.15, 0.2) is 27.8 Å². The molecule has 0 saturated carbocycles. The molecule has 0 radical (unpaired) electrons. The maximum atomic E-state index is 13.0. The molecule has 2 aromatic rings. The molecule has 28 heavy (non-hydrogen) atoms. The molecule has 1 aliphatic rings. The minimum absolute atomic E-state index is 0.109. The summed E-state index contributed by atoms with van der Waals surface area (Å²) in [4.78, 5) is 39.8. The molecule has 0 atom stereocenters. The number of carbonyl (C=O) groups excluding carboxylic acids is 1. The predicted octanol–water partition coefficient (Wildman–Crippen LogP) is 2.07. The van der Waals surface area contributed by atoms with Crippen molar-refractivity contribution in [2.75, 3.05) is 29.0 Å². The van der Waals surface area contributed by atoms with E-state index in [0.29, 0.717) is 23.8 Å². The van der Waals surface area contributed by atoms with Gasteiger partial charge in [-0.1, -0.05) is 23.2 Å². The van der Waals surface area contributed by atoms with Crippen LogP contribution in [0, 0.1) is 0 Å². The van der Waals surface area contributed by atoms with Gasteiger partial charge >= 0.3 is 5.69 Å². The van der Waals surface area contributed by atoms with Crippen molar-refractivity contribution < 1.29 is 4.79 Å². The Labute approximate surface area is 171 Å². The van der Waals surface area contributed by atoms with Gasteiger partial charge in [0, 0.05) is 25.8 Å². The number of nitrogens with two attached hydrogens (primary N) is 1. The molecule has 3 N–H and O–H groups in total. The van der Waals surface area contributed by atoms with E-state index < -0.39 is 23.7 Å². The number of nitrogens with one attached hydrogen (secondary N) is 1. The van der Waals surface area contributed by atoms with E-state index in [4.69, 9.17) is 28.9 Å². The fraction of sp³-hybridized carbons (Fsp3) is 0.389. The zero-order chi connectivity index (χ0) is 20.4. The average Bonchev–Trinajstić information content (AvgIpc) is 2.67. The average molecular weight is 426 g/mol. The summed E-state index contributed by atoms with van der Waals surface area (Å²) >= 11 is 11.8. The zero-order valence-electron chi connectivity index (χ0n) is 15.4. The van der Waals surface area contributed by atoms with Gasteiger partial charge < -0.3 is 16.0 Å². The van der Waals surface area contributed by atoms with Gasteiger partial charge in [0.1, 0.15) is 18.1 Å². The van der Waals surface area contributed by atoms with Crippen molar-refractivity contribution in [3.05, 3.63) is 49.1 Å². The lowest BCUT2D eigenvalue weighted by atomic mass is 10.1. The first-order chi connectivity index (χ1) is 13.3. The Hall–Kier alpha value is -2.45. The highest BCUT2D eigenvalue weighted by Gasteiger charge is 2.23. The highest BCUT2D eigenvalue weighted by atomic mass is 35.5. The predicted molar refractivity (Wildman–Crippen MR) is 112 cm³/mol. The van der Waals surface area contributed by atoms with Crippen molar-refractivity contribution in [1.29, 1.82) is 0 Å². The molecule has 1 aromatic carbocycles. The van der Waals surface area contributed by atoms with E-state index in [1.165, 1.54) is 17.7 Å². The summed E-state index contributed by atoms with van der Waals surface area (Å²) < 4.78 is 2.09. The molecule has 1 aliphatic heterocycles. The summed E-state index contributed by atoms with van der Waals surface area (Å²) in [5.74, 6) is -0.426. The zero-order valence-corrected chi connectivity index (χ0v) is 16.9. The van der Waals surface area contributed by atoms with Gasteiger partial charge in [-0.25, -0.2) is 9.36 Å². The molecule has 0 bridgehead atoms. The minimum atomic E-state index is -0.646. The Balaban J connectivity index is 1.91. The fourth-order valence-electron chi connectivity index (χ4n) is 3.24. The van der Waals surface area contributed by atoms with Gasteiger partial charge in [-0.3, -0.25) is 14.2 Å². The van der Waals surface area contributed by atoms with E-state index in [1.54, 1.807) is 12.1 Å². The number of aromatic nitrogens is 2. The molecule has 10 heteroatoms. The summed E-state index contributed by atoms with van der Waals surface area (Å²) in [5, 5.41) is 3.25. The van der Waals surface area contributed by atoms with Crippen molar-refractivity contribution >= 4 is 46.3 Å². The Morgan fingerprint density at radius 3 is 2.46 bits per heavy atom. The van der Waals surface area contributed by atoms with Crippen LogP contribution < -0.4 is 27.2 Å². The molecule has 1 aromatic heterocycles. The molecule has 3 rings (SSSR count). The van der Waals surface area contributed by atoms with E-state index in [0.717, 1.165) is 23.8 Å². The first-order valence-corrected chi connectivity index (χ1v) is 9.64. The van der Waals surface area contributed by atoms with Crippen LogP contribution in [0.4, 0.5) is 17.2 Å². The van der Waals surface area contributed by atoms with Gasteiger partial charge in [-0.05, 0) is 37.5 Å². The van der Waals surface area contributed by atoms with Crippen LogP contribution in [-0.2, 0) is 18.4 Å². The van der Waals surface area contributed by atoms with E-state index in [-0.39, 0.29) is 16.5 Å². The Kier molecular flexibility index (Phi) is 6.00. The number of rotatable bonds is 4. The second-order valence-corrected chi connectivity index (χ2v) is 7.51. The Morgan fingerprint density at radius 1 is 1.14 bits per heavy atom. The summed E-state index contributed by atoms with van der Waals surface area (Å²) in [7, 11) is 1.48. The molecule has 150 valence electrons. The summed E-state index contributed by atoms with van der Waals surface area (Å²) in [6.07, 6.45) is 2.97. The van der Waals surface area contributed by atoms with Crippen LogP contribution in [0.3, 0.4) is 0 Å². The first-order valence-electron chi connectivity index (χ1n) is 8.88. The van der Waals surface area contributed by atoms with E-state index in [9.17, 15) is 14.4 Å². The van der Waals surface area contributed by atoms with Crippen molar-refractivity contribution in [2.45, 2.75) is 25.8 Å². The second kappa shape index (κ2) is 8.28. The summed E-state index contributed by atoms with van der Waals surface area (Å²) in [5.41, 5.74) is 5.52. The Bertz CT molecular complexity index is 1030. The normalized spacial score (nSPS) is 14.2. The Morgan fingerprint density at radius 2 is 1.82 bits per heavy atom. The molecule has 0 unspecified atom stereocenters. The van der Waals surface area contributed by atoms with E-state index in [1.807, 2.05) is 4.90 Å². The van der Waals surface area contributed by atoms with Crippen molar-refractivity contribution in [3.8, 4) is 0 Å². The van der Waals surface area contributed by atoms with Crippen molar-refractivity contribution in [3.63, 3.8) is 0 Å². The van der Waals surface area contributed by atoms with Crippen LogP contribution in [0.1, 0.15) is 19.3 Å². The van der Waals surface area contributed by atoms with Crippen LogP contribution in [0.25, 0.3) is 0 Å². The molecule has 2 heterocycles. The number of nitrogen functional groups attached to an aromatic ring is 1. The quantitative estimate of drug-likeness (QED) is 0.780. The van der Waals surface area contributed by atoms with Crippen molar-refractivity contribution in [1.82, 2.24) is 9.13 Å². The van der Waals surface area contributed by atoms with Gasteiger partial charge in [0.05, 0.1) is 10.0 Å². The molecule has 0 aliphatic carbocycles. The number of carbonyl (C=O) groups is 1. The lowest BCUT2D eigenvalue weighted by Gasteiger charge is -2.29. The molecule has 1 amide bonds. The highest BCUT2D eigenvalue weighted by Crippen LogP contribution is 2.25.